The van der Waals surface area contributed by atoms with Gasteiger partial charge in [0.1, 0.15) is 17.9 Å². The number of fused-ring (bicyclic) bond motifs is 1. The first-order valence-electron chi connectivity index (χ1n) is 12.8. The van der Waals surface area contributed by atoms with Gasteiger partial charge in [0.2, 0.25) is 0 Å². The number of piperazine rings is 1. The van der Waals surface area contributed by atoms with Crippen LogP contribution >= 0.6 is 0 Å². The number of methoxy groups -OCH3 is 1. The first-order chi connectivity index (χ1) is 18.1. The number of pyridine rings is 1. The van der Waals surface area contributed by atoms with Crippen LogP contribution in [0.25, 0.3) is 5.70 Å². The number of anilines is 1. The monoisotopic (exact) mass is 486 g/mol. The van der Waals surface area contributed by atoms with Crippen LogP contribution in [0.1, 0.15) is 24.2 Å². The molecule has 1 aromatic heterocycles. The summed E-state index contributed by atoms with van der Waals surface area (Å²) in [5, 5.41) is 12.3. The second-order valence-electron chi connectivity index (χ2n) is 8.92. The van der Waals surface area contributed by atoms with E-state index < -0.39 is 11.4 Å². The third-order valence-corrected chi connectivity index (χ3v) is 6.80. The molecule has 1 atom stereocenters. The molecule has 8 heteroatoms. The van der Waals surface area contributed by atoms with Crippen molar-refractivity contribution in [1.82, 2.24) is 14.8 Å². The van der Waals surface area contributed by atoms with E-state index in [9.17, 15) is 10.1 Å². The summed E-state index contributed by atoms with van der Waals surface area (Å²) in [7, 11) is 1.58. The predicted octanol–water partition coefficient (Wildman–Crippen LogP) is 3.90. The molecule has 3 heterocycles. The highest BCUT2D eigenvalue weighted by Crippen LogP contribution is 2.37. The highest BCUT2D eigenvalue weighted by Gasteiger charge is 2.37. The minimum Gasteiger partial charge on any atom is -0.383 e. The molecule has 0 saturated carbocycles. The van der Waals surface area contributed by atoms with Gasteiger partial charge in [-0.05, 0) is 23.3 Å². The van der Waals surface area contributed by atoms with Crippen molar-refractivity contribution in [1.29, 1.82) is 0 Å². The molecule has 1 saturated heterocycles. The quantitative estimate of drug-likeness (QED) is 0.353. The average molecular weight is 487 g/mol. The van der Waals surface area contributed by atoms with Crippen molar-refractivity contribution in [3.8, 4) is 0 Å². The van der Waals surface area contributed by atoms with Gasteiger partial charge in [-0.3, -0.25) is 20.0 Å². The van der Waals surface area contributed by atoms with Crippen LogP contribution in [0.15, 0.2) is 84.7 Å². The molecular formula is C28H31N5O3. The number of rotatable bonds is 8. The largest absolute Gasteiger partial charge is 0.383 e. The Morgan fingerprint density at radius 2 is 1.64 bits per heavy atom. The van der Waals surface area contributed by atoms with Gasteiger partial charge in [-0.15, -0.1) is 0 Å². The van der Waals surface area contributed by atoms with Crippen molar-refractivity contribution in [3.63, 3.8) is 0 Å². The third-order valence-electron chi connectivity index (χ3n) is 6.80. The lowest BCUT2D eigenvalue weighted by Crippen LogP contribution is -2.48. The van der Waals surface area contributed by atoms with Gasteiger partial charge < -0.3 is 14.5 Å². The highest BCUT2D eigenvalue weighted by atomic mass is 16.6. The van der Waals surface area contributed by atoms with Gasteiger partial charge in [-0.25, -0.2) is 0 Å². The number of aromatic nitrogens is 1. The lowest BCUT2D eigenvalue weighted by molar-refractivity contribution is -0.425. The van der Waals surface area contributed by atoms with Gasteiger partial charge >= 0.3 is 0 Å². The molecule has 36 heavy (non-hydrogen) atoms. The lowest BCUT2D eigenvalue weighted by atomic mass is 9.96. The molecule has 8 nitrogen and oxygen atoms in total. The standard InChI is InChI=1S/C28H31N5O3/c1-36-20-19-32-21-25(33(34)35)28(26-24(32)13-8-14-29-26)31-17-15-30(16-18-31)27(22-9-4-2-5-10-22)23-11-6-3-7-12-23/h2-14,27H,15-21H2,1H3/i21D. The smallest absolute Gasteiger partial charge is 0.290 e. The molecule has 186 valence electrons. The van der Waals surface area contributed by atoms with Gasteiger partial charge in [0.05, 0.1) is 24.6 Å². The van der Waals surface area contributed by atoms with Crippen LogP contribution in [-0.2, 0) is 4.74 Å². The number of hydrogen-bond acceptors (Lipinski definition) is 7. The van der Waals surface area contributed by atoms with Gasteiger partial charge in [0.25, 0.3) is 5.70 Å². The second kappa shape index (κ2) is 10.9. The van der Waals surface area contributed by atoms with Gasteiger partial charge in [0, 0.05) is 46.0 Å². The third kappa shape index (κ3) is 4.82. The number of hydrogen-bond donors (Lipinski definition) is 0. The van der Waals surface area contributed by atoms with E-state index in [-0.39, 0.29) is 11.7 Å². The molecule has 0 amide bonds. The van der Waals surface area contributed by atoms with E-state index in [1.165, 1.54) is 11.1 Å². The van der Waals surface area contributed by atoms with E-state index in [0.29, 0.717) is 37.6 Å². The maximum absolute atomic E-state index is 12.3. The Kier molecular flexibility index (Phi) is 6.86. The summed E-state index contributed by atoms with van der Waals surface area (Å²) >= 11 is 0. The summed E-state index contributed by atoms with van der Waals surface area (Å²) in [6.45, 7) is 2.24. The number of nitro groups is 1. The van der Waals surface area contributed by atoms with Gasteiger partial charge in [0.15, 0.2) is 0 Å². The summed E-state index contributed by atoms with van der Waals surface area (Å²) in [4.78, 5) is 22.6. The highest BCUT2D eigenvalue weighted by molar-refractivity contribution is 5.78. The molecule has 3 aromatic rings. The fourth-order valence-corrected chi connectivity index (χ4v) is 5.12. The molecule has 2 aliphatic heterocycles. The maximum Gasteiger partial charge on any atom is 0.290 e. The average Bonchev–Trinajstić information content (AvgIpc) is 2.94. The first kappa shape index (κ1) is 22.7. The number of ether oxygens (including phenoxy) is 1. The molecule has 2 aliphatic rings. The number of nitrogens with zero attached hydrogens (tertiary/aromatic N) is 5. The lowest BCUT2D eigenvalue weighted by Gasteiger charge is -2.42. The summed E-state index contributed by atoms with van der Waals surface area (Å²) in [5.74, 6) is 0. The van der Waals surface area contributed by atoms with E-state index in [1.54, 1.807) is 18.2 Å². The minimum absolute atomic E-state index is 0.0961. The normalized spacial score (nSPS) is 18.8. The summed E-state index contributed by atoms with van der Waals surface area (Å²) < 4.78 is 14.0. The summed E-state index contributed by atoms with van der Waals surface area (Å²) in [5.41, 5.74) is 4.07. The Hall–Kier alpha value is -3.75. The fraction of sp³-hybridized carbons (Fsp3) is 0.321. The van der Waals surface area contributed by atoms with Crippen LogP contribution in [0.3, 0.4) is 0 Å². The molecule has 0 spiro atoms. The maximum atomic E-state index is 12.3. The van der Waals surface area contributed by atoms with Crippen molar-refractivity contribution in [3.05, 3.63) is 112 Å². The number of benzene rings is 2. The van der Waals surface area contributed by atoms with Crippen molar-refractivity contribution in [2.24, 2.45) is 0 Å². The first-order valence-corrected chi connectivity index (χ1v) is 12.2. The van der Waals surface area contributed by atoms with E-state index in [1.807, 2.05) is 29.2 Å². The molecule has 5 rings (SSSR count). The van der Waals surface area contributed by atoms with E-state index >= 15 is 0 Å². The Balaban J connectivity index is 1.46. The van der Waals surface area contributed by atoms with Crippen molar-refractivity contribution in [2.45, 2.75) is 6.04 Å². The zero-order chi connectivity index (χ0) is 25.8. The fourth-order valence-electron chi connectivity index (χ4n) is 5.12. The van der Waals surface area contributed by atoms with E-state index in [4.69, 9.17) is 6.11 Å². The van der Waals surface area contributed by atoms with Gasteiger partial charge in [-0.1, -0.05) is 60.7 Å². The molecule has 1 unspecified atom stereocenters. The minimum atomic E-state index is -1.14. The molecule has 2 aromatic carbocycles. The SMILES string of the molecule is [2H]C1C([N+](=O)[O-])=C(N2CCN(C(c3ccccc3)c3ccccc3)CC2)c2ncccc2N1CCOC. The van der Waals surface area contributed by atoms with Crippen molar-refractivity contribution < 1.29 is 11.0 Å². The molecule has 0 bridgehead atoms. The Labute approximate surface area is 213 Å². The van der Waals surface area contributed by atoms with Crippen LogP contribution in [0.2, 0.25) is 0 Å². The van der Waals surface area contributed by atoms with Crippen LogP contribution < -0.4 is 4.90 Å². The Morgan fingerprint density at radius 1 is 1.00 bits per heavy atom. The van der Waals surface area contributed by atoms with Crippen LogP contribution in [0.5, 0.6) is 0 Å². The second-order valence-corrected chi connectivity index (χ2v) is 8.92. The molecule has 0 radical (unpaired) electrons. The van der Waals surface area contributed by atoms with E-state index in [2.05, 4.69) is 58.4 Å². The Morgan fingerprint density at radius 3 is 2.22 bits per heavy atom. The van der Waals surface area contributed by atoms with Crippen molar-refractivity contribution in [2.75, 3.05) is 57.9 Å². The van der Waals surface area contributed by atoms with Crippen molar-refractivity contribution >= 4 is 11.4 Å². The topological polar surface area (TPSA) is 75.0 Å². The van der Waals surface area contributed by atoms with Crippen LogP contribution in [-0.4, -0.2) is 72.7 Å². The molecule has 0 aliphatic carbocycles. The molecule has 1 fully saturated rings. The predicted molar refractivity (Wildman–Crippen MR) is 140 cm³/mol. The van der Waals surface area contributed by atoms with Crippen LogP contribution in [0, 0.1) is 10.1 Å². The van der Waals surface area contributed by atoms with Crippen LogP contribution in [0.4, 0.5) is 5.69 Å². The summed E-state index contributed by atoms with van der Waals surface area (Å²) in [6.07, 6.45) is 1.66. The summed E-state index contributed by atoms with van der Waals surface area (Å²) in [6, 6.07) is 24.7. The molecule has 0 N–H and O–H groups in total. The zero-order valence-corrected chi connectivity index (χ0v) is 20.4. The van der Waals surface area contributed by atoms with Gasteiger partial charge in [-0.2, -0.15) is 0 Å². The molecular weight excluding hydrogens is 454 g/mol. The van der Waals surface area contributed by atoms with E-state index in [0.717, 1.165) is 18.8 Å². The zero-order valence-electron chi connectivity index (χ0n) is 21.4. The Bertz CT molecular complexity index is 1210.